The number of hydrogen-bond donors (Lipinski definition) is 1. The molecule has 5 nitrogen and oxygen atoms in total. The van der Waals surface area contributed by atoms with Gasteiger partial charge in [-0.3, -0.25) is 14.5 Å². The lowest BCUT2D eigenvalue weighted by molar-refractivity contribution is -0.900. The number of unbranched alkanes of at least 4 members (excludes halogenated alkanes) is 3. The lowest BCUT2D eigenvalue weighted by atomic mass is 10.1. The van der Waals surface area contributed by atoms with Crippen LogP contribution in [0.3, 0.4) is 0 Å². The maximum absolute atomic E-state index is 12.4. The van der Waals surface area contributed by atoms with Crippen molar-refractivity contribution in [2.75, 3.05) is 44.2 Å². The van der Waals surface area contributed by atoms with Gasteiger partial charge in [-0.05, 0) is 49.6 Å². The number of carbonyl (C=O) groups excluding carboxylic acids is 2. The number of carbonyl (C=O) groups is 2. The van der Waals surface area contributed by atoms with Crippen LogP contribution in [0.25, 0.3) is 0 Å². The monoisotopic (exact) mass is 426 g/mol. The Kier molecular flexibility index (Phi) is 6.70. The van der Waals surface area contributed by atoms with E-state index in [0.29, 0.717) is 17.7 Å². The third-order valence-electron chi connectivity index (χ3n) is 6.18. The first-order chi connectivity index (χ1) is 14.6. The van der Waals surface area contributed by atoms with Crippen LogP contribution in [-0.2, 0) is 0 Å². The molecule has 1 fully saturated rings. The molecule has 1 N–H and O–H groups in total. The van der Waals surface area contributed by atoms with E-state index in [4.69, 9.17) is 11.6 Å². The molecule has 2 aromatic rings. The number of anilines is 1. The predicted octanol–water partition coefficient (Wildman–Crippen LogP) is 2.90. The molecule has 2 amide bonds. The van der Waals surface area contributed by atoms with Gasteiger partial charge in [0.05, 0.1) is 43.9 Å². The number of piperazine rings is 1. The summed E-state index contributed by atoms with van der Waals surface area (Å²) in [5, 5.41) is 0.795. The third-order valence-corrected chi connectivity index (χ3v) is 6.42. The van der Waals surface area contributed by atoms with Gasteiger partial charge in [-0.1, -0.05) is 36.2 Å². The van der Waals surface area contributed by atoms with Crippen LogP contribution < -0.4 is 9.80 Å². The zero-order valence-electron chi connectivity index (χ0n) is 17.3. The van der Waals surface area contributed by atoms with Gasteiger partial charge in [0.15, 0.2) is 0 Å². The first kappa shape index (κ1) is 20.9. The van der Waals surface area contributed by atoms with Crippen LogP contribution in [0.1, 0.15) is 46.4 Å². The number of imide groups is 1. The van der Waals surface area contributed by atoms with Crippen molar-refractivity contribution in [3.05, 3.63) is 64.7 Å². The molecule has 2 aliphatic rings. The van der Waals surface area contributed by atoms with Crippen molar-refractivity contribution in [2.24, 2.45) is 0 Å². The van der Waals surface area contributed by atoms with Gasteiger partial charge in [0.2, 0.25) is 0 Å². The third kappa shape index (κ3) is 4.68. The van der Waals surface area contributed by atoms with Crippen molar-refractivity contribution >= 4 is 29.1 Å². The van der Waals surface area contributed by atoms with Crippen LogP contribution in [0.2, 0.25) is 5.02 Å². The fourth-order valence-electron chi connectivity index (χ4n) is 4.44. The summed E-state index contributed by atoms with van der Waals surface area (Å²) in [5.41, 5.74) is 2.31. The maximum atomic E-state index is 12.4. The Labute approximate surface area is 183 Å². The molecular weight excluding hydrogens is 398 g/mol. The fourth-order valence-corrected chi connectivity index (χ4v) is 4.63. The minimum absolute atomic E-state index is 0.141. The molecule has 2 aromatic carbocycles. The second-order valence-electron chi connectivity index (χ2n) is 8.19. The second-order valence-corrected chi connectivity index (χ2v) is 8.63. The predicted molar refractivity (Wildman–Crippen MR) is 120 cm³/mol. The Bertz CT molecular complexity index is 874. The molecule has 0 radical (unpaired) electrons. The van der Waals surface area contributed by atoms with Gasteiger partial charge in [0, 0.05) is 17.3 Å². The Morgan fingerprint density at radius 1 is 0.833 bits per heavy atom. The van der Waals surface area contributed by atoms with Gasteiger partial charge in [0.1, 0.15) is 0 Å². The van der Waals surface area contributed by atoms with Gasteiger partial charge < -0.3 is 9.80 Å². The van der Waals surface area contributed by atoms with E-state index >= 15 is 0 Å². The highest BCUT2D eigenvalue weighted by Crippen LogP contribution is 2.23. The van der Waals surface area contributed by atoms with Gasteiger partial charge in [-0.2, -0.15) is 0 Å². The number of halogens is 1. The highest BCUT2D eigenvalue weighted by Gasteiger charge is 2.34. The van der Waals surface area contributed by atoms with Crippen LogP contribution in [-0.4, -0.2) is 56.0 Å². The molecule has 0 atom stereocenters. The number of nitrogens with zero attached hydrogens (tertiary/aromatic N) is 2. The maximum Gasteiger partial charge on any atom is 0.261 e. The summed E-state index contributed by atoms with van der Waals surface area (Å²) in [6.45, 7) is 6.15. The fraction of sp³-hybridized carbons (Fsp3) is 0.417. The molecule has 1 saturated heterocycles. The summed E-state index contributed by atoms with van der Waals surface area (Å²) in [7, 11) is 0. The highest BCUT2D eigenvalue weighted by molar-refractivity contribution is 6.30. The molecule has 0 aromatic heterocycles. The number of amides is 2. The Morgan fingerprint density at radius 2 is 1.50 bits per heavy atom. The molecule has 158 valence electrons. The topological polar surface area (TPSA) is 45.1 Å². The largest absolute Gasteiger partial charge is 0.360 e. The summed E-state index contributed by atoms with van der Waals surface area (Å²) < 4.78 is 0. The number of fused-ring (bicyclic) bond motifs is 1. The van der Waals surface area contributed by atoms with Crippen LogP contribution in [0.5, 0.6) is 0 Å². The van der Waals surface area contributed by atoms with Crippen molar-refractivity contribution in [3.63, 3.8) is 0 Å². The van der Waals surface area contributed by atoms with E-state index in [1.54, 1.807) is 17.0 Å². The smallest absolute Gasteiger partial charge is 0.261 e. The number of quaternary nitrogens is 1. The Morgan fingerprint density at radius 3 is 2.17 bits per heavy atom. The van der Waals surface area contributed by atoms with Gasteiger partial charge >= 0.3 is 0 Å². The van der Waals surface area contributed by atoms with Crippen molar-refractivity contribution in [1.82, 2.24) is 4.90 Å². The Hall–Kier alpha value is -2.37. The van der Waals surface area contributed by atoms with Crippen LogP contribution in [0.4, 0.5) is 5.69 Å². The van der Waals surface area contributed by atoms with Crippen molar-refractivity contribution < 1.29 is 14.5 Å². The van der Waals surface area contributed by atoms with Crippen LogP contribution >= 0.6 is 11.6 Å². The number of rotatable bonds is 8. The molecule has 0 saturated carbocycles. The zero-order chi connectivity index (χ0) is 20.9. The Balaban J connectivity index is 1.11. The molecule has 0 unspecified atom stereocenters. The first-order valence-corrected chi connectivity index (χ1v) is 11.3. The van der Waals surface area contributed by atoms with Crippen molar-refractivity contribution in [3.8, 4) is 0 Å². The van der Waals surface area contributed by atoms with E-state index in [2.05, 4.69) is 11.0 Å². The number of benzene rings is 2. The summed E-state index contributed by atoms with van der Waals surface area (Å²) in [4.78, 5) is 30.2. The first-order valence-electron chi connectivity index (χ1n) is 10.9. The quantitative estimate of drug-likeness (QED) is 0.521. The zero-order valence-corrected chi connectivity index (χ0v) is 18.0. The molecule has 2 aliphatic heterocycles. The average molecular weight is 427 g/mol. The lowest BCUT2D eigenvalue weighted by Gasteiger charge is -2.33. The summed E-state index contributed by atoms with van der Waals surface area (Å²) in [5.74, 6) is -0.282. The molecule has 2 heterocycles. The number of nitrogens with one attached hydrogen (secondary N) is 1. The van der Waals surface area contributed by atoms with Crippen LogP contribution in [0, 0.1) is 0 Å². The lowest BCUT2D eigenvalue weighted by Crippen LogP contribution is -3.14. The molecule has 0 spiro atoms. The van der Waals surface area contributed by atoms with Crippen molar-refractivity contribution in [1.29, 1.82) is 0 Å². The normalized spacial score (nSPS) is 17.0. The van der Waals surface area contributed by atoms with Gasteiger partial charge in [0.25, 0.3) is 11.8 Å². The molecule has 0 bridgehead atoms. The second kappa shape index (κ2) is 9.63. The van der Waals surface area contributed by atoms with Crippen LogP contribution in [0.15, 0.2) is 48.5 Å². The van der Waals surface area contributed by atoms with E-state index in [0.717, 1.165) is 50.5 Å². The molecule has 4 rings (SSSR count). The summed E-state index contributed by atoms with van der Waals surface area (Å²) in [6, 6.07) is 15.2. The standard InChI is InChI=1S/C24H28ClN3O2/c25-19-8-7-9-20(18-19)27-16-14-26(15-17-27)12-5-1-2-6-13-28-23(29)21-10-3-4-11-22(21)24(28)30/h3-4,7-11,18H,1-2,5-6,12-17H2/p+1. The van der Waals surface area contributed by atoms with E-state index < -0.39 is 0 Å². The molecule has 0 aliphatic carbocycles. The molecular formula is C24H29ClN3O2+. The minimum Gasteiger partial charge on any atom is -0.360 e. The van der Waals surface area contributed by atoms with E-state index in [1.807, 2.05) is 30.3 Å². The van der Waals surface area contributed by atoms with Gasteiger partial charge in [-0.25, -0.2) is 0 Å². The van der Waals surface area contributed by atoms with Crippen molar-refractivity contribution in [2.45, 2.75) is 25.7 Å². The average Bonchev–Trinajstić information content (AvgIpc) is 3.01. The van der Waals surface area contributed by atoms with E-state index in [-0.39, 0.29) is 11.8 Å². The number of hydrogen-bond acceptors (Lipinski definition) is 3. The minimum atomic E-state index is -0.141. The van der Waals surface area contributed by atoms with Gasteiger partial charge in [-0.15, -0.1) is 0 Å². The molecule has 6 heteroatoms. The van der Waals surface area contributed by atoms with E-state index in [9.17, 15) is 9.59 Å². The highest BCUT2D eigenvalue weighted by atomic mass is 35.5. The summed E-state index contributed by atoms with van der Waals surface area (Å²) >= 11 is 6.11. The molecule has 30 heavy (non-hydrogen) atoms. The SMILES string of the molecule is O=C1c2ccccc2C(=O)N1CCCCCC[NH+]1CCN(c2cccc(Cl)c2)CC1. The summed E-state index contributed by atoms with van der Waals surface area (Å²) in [6.07, 6.45) is 4.26. The van der Waals surface area contributed by atoms with E-state index in [1.165, 1.54) is 23.6 Å².